The number of hydrogen-bond donors (Lipinski definition) is 2. The zero-order chi connectivity index (χ0) is 12.8. The van der Waals surface area contributed by atoms with Crippen LogP contribution in [0.3, 0.4) is 0 Å². The molecule has 17 heavy (non-hydrogen) atoms. The van der Waals surface area contributed by atoms with Gasteiger partial charge in [0.15, 0.2) is 0 Å². The molecular weight excluding hydrogens is 220 g/mol. The molecule has 0 aliphatic carbocycles. The molecule has 0 bridgehead atoms. The molecule has 5 nitrogen and oxygen atoms in total. The molecule has 1 aromatic rings. The van der Waals surface area contributed by atoms with Gasteiger partial charge in [-0.15, -0.1) is 0 Å². The average Bonchev–Trinajstić information content (AvgIpc) is 2.27. The molecule has 0 saturated carbocycles. The minimum Gasteiger partial charge on any atom is -0.480 e. The predicted molar refractivity (Wildman–Crippen MR) is 60.1 cm³/mol. The summed E-state index contributed by atoms with van der Waals surface area (Å²) >= 11 is 0. The van der Waals surface area contributed by atoms with E-state index in [0.29, 0.717) is 11.1 Å². The van der Waals surface area contributed by atoms with Crippen LogP contribution in [0, 0.1) is 11.3 Å². The molecule has 2 N–H and O–H groups in total. The summed E-state index contributed by atoms with van der Waals surface area (Å²) in [5, 5.41) is 20.0. The predicted octanol–water partition coefficient (Wildman–Crippen LogP) is 0.690. The fourth-order valence-corrected chi connectivity index (χ4v) is 1.45. The summed E-state index contributed by atoms with van der Waals surface area (Å²) in [4.78, 5) is 21.8. The number of aliphatic carboxylic acids is 1. The van der Waals surface area contributed by atoms with E-state index in [4.69, 9.17) is 10.4 Å². The Kier molecular flexibility index (Phi) is 4.23. The van der Waals surface area contributed by atoms with Gasteiger partial charge in [0.25, 0.3) is 0 Å². The van der Waals surface area contributed by atoms with E-state index in [1.165, 1.54) is 6.92 Å². The highest BCUT2D eigenvalue weighted by Crippen LogP contribution is 2.07. The largest absolute Gasteiger partial charge is 0.480 e. The van der Waals surface area contributed by atoms with E-state index in [2.05, 4.69) is 5.32 Å². The number of carbonyl (C=O) groups is 2. The van der Waals surface area contributed by atoms with Crippen molar-refractivity contribution in [3.8, 4) is 6.07 Å². The van der Waals surface area contributed by atoms with E-state index < -0.39 is 17.9 Å². The van der Waals surface area contributed by atoms with Crippen molar-refractivity contribution in [2.24, 2.45) is 0 Å². The normalized spacial score (nSPS) is 11.3. The summed E-state index contributed by atoms with van der Waals surface area (Å²) in [5.41, 5.74) is 1.17. The summed E-state index contributed by atoms with van der Waals surface area (Å²) in [7, 11) is 0. The van der Waals surface area contributed by atoms with Crippen molar-refractivity contribution in [2.45, 2.75) is 19.4 Å². The number of nitrogens with one attached hydrogen (secondary N) is 1. The van der Waals surface area contributed by atoms with Crippen LogP contribution in [0.25, 0.3) is 0 Å². The maximum absolute atomic E-state index is 10.9. The number of hydrogen-bond acceptors (Lipinski definition) is 3. The van der Waals surface area contributed by atoms with Crippen LogP contribution >= 0.6 is 0 Å². The topological polar surface area (TPSA) is 90.2 Å². The monoisotopic (exact) mass is 232 g/mol. The highest BCUT2D eigenvalue weighted by molar-refractivity contribution is 5.82. The van der Waals surface area contributed by atoms with Gasteiger partial charge >= 0.3 is 5.97 Å². The van der Waals surface area contributed by atoms with Crippen LogP contribution in [0.2, 0.25) is 0 Å². The lowest BCUT2D eigenvalue weighted by Gasteiger charge is -2.13. The number of carboxylic acid groups (broad SMARTS) is 1. The molecule has 0 radical (unpaired) electrons. The zero-order valence-electron chi connectivity index (χ0n) is 9.30. The molecule has 0 aromatic heterocycles. The molecule has 0 unspecified atom stereocenters. The van der Waals surface area contributed by atoms with Gasteiger partial charge in [0, 0.05) is 13.3 Å². The molecule has 0 aliphatic heterocycles. The molecule has 1 aromatic carbocycles. The second kappa shape index (κ2) is 5.66. The highest BCUT2D eigenvalue weighted by Gasteiger charge is 2.18. The second-order valence-corrected chi connectivity index (χ2v) is 3.61. The Morgan fingerprint density at radius 2 is 2.24 bits per heavy atom. The standard InChI is InChI=1S/C12H12N2O3/c1-8(15)14-11(12(16)17)6-9-3-2-4-10(5-9)7-13/h2-5,11H,6H2,1H3,(H,14,15)(H,16,17)/t11-/m1/s1. The first kappa shape index (κ1) is 12.7. The molecule has 1 amide bonds. The second-order valence-electron chi connectivity index (χ2n) is 3.61. The van der Waals surface area contributed by atoms with E-state index in [1.807, 2.05) is 6.07 Å². The number of rotatable bonds is 4. The van der Waals surface area contributed by atoms with Crippen molar-refractivity contribution in [1.29, 1.82) is 5.26 Å². The third-order valence-corrected chi connectivity index (χ3v) is 2.17. The first-order valence-electron chi connectivity index (χ1n) is 5.02. The first-order chi connectivity index (χ1) is 8.02. The summed E-state index contributed by atoms with van der Waals surface area (Å²) in [5.74, 6) is -1.49. The van der Waals surface area contributed by atoms with Crippen LogP contribution in [0.5, 0.6) is 0 Å². The summed E-state index contributed by atoms with van der Waals surface area (Å²) < 4.78 is 0. The number of benzene rings is 1. The third kappa shape index (κ3) is 3.95. The van der Waals surface area contributed by atoms with Gasteiger partial charge < -0.3 is 10.4 Å². The van der Waals surface area contributed by atoms with E-state index in [-0.39, 0.29) is 6.42 Å². The van der Waals surface area contributed by atoms with Crippen molar-refractivity contribution in [3.63, 3.8) is 0 Å². The van der Waals surface area contributed by atoms with E-state index in [9.17, 15) is 9.59 Å². The minimum atomic E-state index is -1.09. The quantitative estimate of drug-likeness (QED) is 0.799. The molecular formula is C12H12N2O3. The summed E-state index contributed by atoms with van der Waals surface area (Å²) in [6.07, 6.45) is 0.157. The lowest BCUT2D eigenvalue weighted by molar-refractivity contribution is -0.141. The lowest BCUT2D eigenvalue weighted by atomic mass is 10.0. The van der Waals surface area contributed by atoms with Crippen molar-refractivity contribution in [2.75, 3.05) is 0 Å². The van der Waals surface area contributed by atoms with Crippen molar-refractivity contribution in [1.82, 2.24) is 5.32 Å². The summed E-state index contributed by atoms with van der Waals surface area (Å²) in [6.45, 7) is 1.27. The molecule has 1 atom stereocenters. The first-order valence-corrected chi connectivity index (χ1v) is 5.02. The molecule has 0 spiro atoms. The fourth-order valence-electron chi connectivity index (χ4n) is 1.45. The van der Waals surface area contributed by atoms with E-state index >= 15 is 0 Å². The Balaban J connectivity index is 2.82. The maximum atomic E-state index is 10.9. The van der Waals surface area contributed by atoms with Crippen LogP contribution in [0.1, 0.15) is 18.1 Å². The molecule has 0 fully saturated rings. The van der Waals surface area contributed by atoms with Gasteiger partial charge in [-0.2, -0.15) is 5.26 Å². The fraction of sp³-hybridized carbons (Fsp3) is 0.250. The van der Waals surface area contributed by atoms with Gasteiger partial charge in [-0.25, -0.2) is 4.79 Å². The van der Waals surface area contributed by atoms with Crippen molar-refractivity contribution < 1.29 is 14.7 Å². The van der Waals surface area contributed by atoms with Crippen LogP contribution < -0.4 is 5.32 Å². The Hall–Kier alpha value is -2.35. The maximum Gasteiger partial charge on any atom is 0.326 e. The number of carbonyl (C=O) groups excluding carboxylic acids is 1. The minimum absolute atomic E-state index is 0.157. The van der Waals surface area contributed by atoms with Crippen molar-refractivity contribution in [3.05, 3.63) is 35.4 Å². The van der Waals surface area contributed by atoms with Gasteiger partial charge in [-0.3, -0.25) is 4.79 Å². The molecule has 1 rings (SSSR count). The van der Waals surface area contributed by atoms with Crippen LogP contribution in [0.4, 0.5) is 0 Å². The Morgan fingerprint density at radius 3 is 2.76 bits per heavy atom. The molecule has 0 heterocycles. The van der Waals surface area contributed by atoms with E-state index in [1.54, 1.807) is 24.3 Å². The third-order valence-electron chi connectivity index (χ3n) is 2.17. The Bertz CT molecular complexity index is 477. The Labute approximate surface area is 98.7 Å². The van der Waals surface area contributed by atoms with Crippen molar-refractivity contribution >= 4 is 11.9 Å². The molecule has 0 saturated heterocycles. The number of amides is 1. The summed E-state index contributed by atoms with van der Waals surface area (Å²) in [6, 6.07) is 7.65. The smallest absolute Gasteiger partial charge is 0.326 e. The van der Waals surface area contributed by atoms with Crippen LogP contribution in [0.15, 0.2) is 24.3 Å². The lowest BCUT2D eigenvalue weighted by Crippen LogP contribution is -2.41. The molecule has 5 heteroatoms. The number of nitriles is 1. The average molecular weight is 232 g/mol. The zero-order valence-corrected chi connectivity index (χ0v) is 9.30. The van der Waals surface area contributed by atoms with Crippen LogP contribution in [-0.4, -0.2) is 23.0 Å². The molecule has 0 aliphatic rings. The van der Waals surface area contributed by atoms with Gasteiger partial charge in [-0.05, 0) is 17.7 Å². The highest BCUT2D eigenvalue weighted by atomic mass is 16.4. The van der Waals surface area contributed by atoms with E-state index in [0.717, 1.165) is 0 Å². The Morgan fingerprint density at radius 1 is 1.53 bits per heavy atom. The number of carboxylic acids is 1. The van der Waals surface area contributed by atoms with Gasteiger partial charge in [0.1, 0.15) is 6.04 Å². The SMILES string of the molecule is CC(=O)N[C@H](Cc1cccc(C#N)c1)C(=O)O. The van der Waals surface area contributed by atoms with Gasteiger partial charge in [-0.1, -0.05) is 12.1 Å². The van der Waals surface area contributed by atoms with Crippen LogP contribution in [-0.2, 0) is 16.0 Å². The van der Waals surface area contributed by atoms with Gasteiger partial charge in [0.2, 0.25) is 5.91 Å². The molecule has 88 valence electrons. The number of nitrogens with zero attached hydrogens (tertiary/aromatic N) is 1. The van der Waals surface area contributed by atoms with Gasteiger partial charge in [0.05, 0.1) is 11.6 Å².